The van der Waals surface area contributed by atoms with Gasteiger partial charge in [0.05, 0.1) is 17.6 Å². The first-order valence-electron chi connectivity index (χ1n) is 11.0. The van der Waals surface area contributed by atoms with Crippen molar-refractivity contribution in [2.45, 2.75) is 38.0 Å². The Labute approximate surface area is 190 Å². The number of sulfonamides is 1. The lowest BCUT2D eigenvalue weighted by Crippen LogP contribution is -2.38. The van der Waals surface area contributed by atoms with Crippen LogP contribution in [0.2, 0.25) is 0 Å². The normalized spacial score (nSPS) is 14.9. The molecule has 1 saturated heterocycles. The maximum atomic E-state index is 13.0. The summed E-state index contributed by atoms with van der Waals surface area (Å²) in [6.07, 6.45) is 2.83. The third kappa shape index (κ3) is 6.01. The van der Waals surface area contributed by atoms with Crippen molar-refractivity contribution in [3.8, 4) is 11.5 Å². The van der Waals surface area contributed by atoms with Crippen molar-refractivity contribution >= 4 is 15.9 Å². The molecular formula is C24H32N2O5S. The number of carbonyl (C=O) groups is 1. The van der Waals surface area contributed by atoms with Crippen LogP contribution in [0.5, 0.6) is 11.5 Å². The van der Waals surface area contributed by atoms with Gasteiger partial charge in [-0.05, 0) is 61.1 Å². The van der Waals surface area contributed by atoms with Gasteiger partial charge in [-0.1, -0.05) is 26.0 Å². The lowest BCUT2D eigenvalue weighted by atomic mass is 9.98. The van der Waals surface area contributed by atoms with Crippen LogP contribution in [0.3, 0.4) is 0 Å². The molecule has 1 aliphatic rings. The molecule has 0 bridgehead atoms. The molecule has 3 rings (SSSR count). The second kappa shape index (κ2) is 10.8. The third-order valence-electron chi connectivity index (χ3n) is 5.78. The molecule has 174 valence electrons. The number of likely N-dealkylation sites (tertiary alicyclic amines) is 1. The minimum Gasteiger partial charge on any atom is -0.496 e. The summed E-state index contributed by atoms with van der Waals surface area (Å²) in [5, 5.41) is 0. The molecule has 0 aromatic heterocycles. The number of methoxy groups -OCH3 is 1. The largest absolute Gasteiger partial charge is 0.496 e. The van der Waals surface area contributed by atoms with Crippen LogP contribution in [-0.4, -0.2) is 52.6 Å². The SMILES string of the molecule is CCc1ccc(OCCNS(=O)(=O)c2ccc(OC)c(C(=O)N3CCC(C)CC3)c2)cc1. The Morgan fingerprint density at radius 3 is 2.44 bits per heavy atom. The molecule has 2 aromatic carbocycles. The molecule has 1 heterocycles. The van der Waals surface area contributed by atoms with Crippen molar-refractivity contribution in [2.75, 3.05) is 33.4 Å². The van der Waals surface area contributed by atoms with Crippen molar-refractivity contribution in [3.05, 3.63) is 53.6 Å². The number of hydrogen-bond acceptors (Lipinski definition) is 5. The van der Waals surface area contributed by atoms with E-state index in [-0.39, 0.29) is 29.5 Å². The lowest BCUT2D eigenvalue weighted by Gasteiger charge is -2.30. The highest BCUT2D eigenvalue weighted by atomic mass is 32.2. The second-order valence-electron chi connectivity index (χ2n) is 8.08. The first kappa shape index (κ1) is 24.1. The highest BCUT2D eigenvalue weighted by Crippen LogP contribution is 2.26. The number of nitrogens with one attached hydrogen (secondary N) is 1. The van der Waals surface area contributed by atoms with Gasteiger partial charge < -0.3 is 14.4 Å². The van der Waals surface area contributed by atoms with Crippen LogP contribution in [0.4, 0.5) is 0 Å². The molecule has 1 aliphatic heterocycles. The van der Waals surface area contributed by atoms with Crippen LogP contribution in [0.25, 0.3) is 0 Å². The van der Waals surface area contributed by atoms with Crippen LogP contribution in [-0.2, 0) is 16.4 Å². The molecule has 7 nitrogen and oxygen atoms in total. The zero-order chi connectivity index (χ0) is 23.1. The molecule has 32 heavy (non-hydrogen) atoms. The van der Waals surface area contributed by atoms with Crippen molar-refractivity contribution < 1.29 is 22.7 Å². The summed E-state index contributed by atoms with van der Waals surface area (Å²) in [5.41, 5.74) is 1.47. The van der Waals surface area contributed by atoms with Crippen molar-refractivity contribution in [1.82, 2.24) is 9.62 Å². The fourth-order valence-electron chi connectivity index (χ4n) is 3.65. The van der Waals surface area contributed by atoms with Gasteiger partial charge in [0.15, 0.2) is 0 Å². The number of piperidine rings is 1. The summed E-state index contributed by atoms with van der Waals surface area (Å²) in [5.74, 6) is 1.44. The zero-order valence-electron chi connectivity index (χ0n) is 19.0. The van der Waals surface area contributed by atoms with Crippen LogP contribution in [0.1, 0.15) is 42.6 Å². The number of benzene rings is 2. The minimum absolute atomic E-state index is 0.0272. The van der Waals surface area contributed by atoms with Gasteiger partial charge in [-0.15, -0.1) is 0 Å². The van der Waals surface area contributed by atoms with Crippen molar-refractivity contribution in [1.29, 1.82) is 0 Å². The molecule has 2 aromatic rings. The standard InChI is InChI=1S/C24H32N2O5S/c1-4-19-5-7-20(8-6-19)31-16-13-25-32(28,29)21-9-10-23(30-3)22(17-21)24(27)26-14-11-18(2)12-15-26/h5-10,17-18,25H,4,11-16H2,1-3H3. The zero-order valence-corrected chi connectivity index (χ0v) is 19.8. The number of aryl methyl sites for hydroxylation is 1. The predicted molar refractivity (Wildman–Crippen MR) is 124 cm³/mol. The van der Waals surface area contributed by atoms with E-state index in [1.165, 1.54) is 30.9 Å². The van der Waals surface area contributed by atoms with E-state index in [0.29, 0.717) is 30.5 Å². The predicted octanol–water partition coefficient (Wildman–Crippen LogP) is 3.49. The Balaban J connectivity index is 1.64. The van der Waals surface area contributed by atoms with Gasteiger partial charge >= 0.3 is 0 Å². The number of ether oxygens (including phenoxy) is 2. The van der Waals surface area contributed by atoms with E-state index in [2.05, 4.69) is 18.6 Å². The van der Waals surface area contributed by atoms with E-state index in [1.807, 2.05) is 24.3 Å². The number of rotatable bonds is 9. The minimum atomic E-state index is -3.80. The molecule has 0 radical (unpaired) electrons. The quantitative estimate of drug-likeness (QED) is 0.579. The molecule has 0 atom stereocenters. The van der Waals surface area contributed by atoms with Gasteiger partial charge in [0, 0.05) is 19.6 Å². The molecule has 0 unspecified atom stereocenters. The number of nitrogens with zero attached hydrogens (tertiary/aromatic N) is 1. The Morgan fingerprint density at radius 1 is 1.12 bits per heavy atom. The highest BCUT2D eigenvalue weighted by Gasteiger charge is 2.26. The Bertz CT molecular complexity index is 1010. The summed E-state index contributed by atoms with van der Waals surface area (Å²) in [6, 6.07) is 12.1. The maximum absolute atomic E-state index is 13.0. The highest BCUT2D eigenvalue weighted by molar-refractivity contribution is 7.89. The lowest BCUT2D eigenvalue weighted by molar-refractivity contribution is 0.0693. The topological polar surface area (TPSA) is 84.9 Å². The molecule has 1 amide bonds. The van der Waals surface area contributed by atoms with Gasteiger partial charge in [0.1, 0.15) is 18.1 Å². The van der Waals surface area contributed by atoms with Crippen molar-refractivity contribution in [3.63, 3.8) is 0 Å². The number of hydrogen-bond donors (Lipinski definition) is 1. The summed E-state index contributed by atoms with van der Waals surface area (Å²) in [6.45, 7) is 5.88. The monoisotopic (exact) mass is 460 g/mol. The summed E-state index contributed by atoms with van der Waals surface area (Å²) < 4.78 is 39.1. The van der Waals surface area contributed by atoms with Gasteiger partial charge in [-0.3, -0.25) is 4.79 Å². The third-order valence-corrected chi connectivity index (χ3v) is 7.24. The Kier molecular flexibility index (Phi) is 8.15. The summed E-state index contributed by atoms with van der Waals surface area (Å²) >= 11 is 0. The molecule has 1 N–H and O–H groups in total. The van der Waals surface area contributed by atoms with E-state index in [1.54, 1.807) is 4.90 Å². The number of amides is 1. The van der Waals surface area contributed by atoms with E-state index in [4.69, 9.17) is 9.47 Å². The van der Waals surface area contributed by atoms with Crippen LogP contribution >= 0.6 is 0 Å². The Morgan fingerprint density at radius 2 is 1.81 bits per heavy atom. The molecule has 8 heteroatoms. The second-order valence-corrected chi connectivity index (χ2v) is 9.85. The van der Waals surface area contributed by atoms with Crippen LogP contribution in [0, 0.1) is 5.92 Å². The molecule has 0 saturated carbocycles. The van der Waals surface area contributed by atoms with E-state index in [0.717, 1.165) is 19.3 Å². The van der Waals surface area contributed by atoms with Crippen molar-refractivity contribution in [2.24, 2.45) is 5.92 Å². The van der Waals surface area contributed by atoms with Gasteiger partial charge in [0.25, 0.3) is 5.91 Å². The molecular weight excluding hydrogens is 428 g/mol. The van der Waals surface area contributed by atoms with E-state index < -0.39 is 10.0 Å². The molecule has 0 aliphatic carbocycles. The fraction of sp³-hybridized carbons (Fsp3) is 0.458. The van der Waals surface area contributed by atoms with Crippen LogP contribution < -0.4 is 14.2 Å². The first-order chi connectivity index (χ1) is 15.3. The summed E-state index contributed by atoms with van der Waals surface area (Å²) in [7, 11) is -2.33. The first-order valence-corrected chi connectivity index (χ1v) is 12.5. The average molecular weight is 461 g/mol. The number of carbonyl (C=O) groups excluding carboxylic acids is 1. The van der Waals surface area contributed by atoms with E-state index >= 15 is 0 Å². The van der Waals surface area contributed by atoms with E-state index in [9.17, 15) is 13.2 Å². The smallest absolute Gasteiger partial charge is 0.257 e. The summed E-state index contributed by atoms with van der Waals surface area (Å²) in [4.78, 5) is 14.8. The molecule has 1 fully saturated rings. The van der Waals surface area contributed by atoms with Gasteiger partial charge in [0.2, 0.25) is 10.0 Å². The Hall–Kier alpha value is -2.58. The van der Waals surface area contributed by atoms with Gasteiger partial charge in [-0.25, -0.2) is 13.1 Å². The van der Waals surface area contributed by atoms with Crippen LogP contribution in [0.15, 0.2) is 47.4 Å². The van der Waals surface area contributed by atoms with Gasteiger partial charge in [-0.2, -0.15) is 0 Å². The molecule has 0 spiro atoms. The fourth-order valence-corrected chi connectivity index (χ4v) is 4.69. The average Bonchev–Trinajstić information content (AvgIpc) is 2.82. The maximum Gasteiger partial charge on any atom is 0.257 e.